The van der Waals surface area contributed by atoms with E-state index in [1.54, 1.807) is 11.3 Å². The van der Waals surface area contributed by atoms with Gasteiger partial charge in [0.1, 0.15) is 0 Å². The number of thiazole rings is 1. The lowest BCUT2D eigenvalue weighted by molar-refractivity contribution is 0.0547. The minimum absolute atomic E-state index is 0.0456. The van der Waals surface area contributed by atoms with Crippen molar-refractivity contribution in [1.29, 1.82) is 0 Å². The van der Waals surface area contributed by atoms with E-state index >= 15 is 0 Å². The van der Waals surface area contributed by atoms with Crippen molar-refractivity contribution in [2.24, 2.45) is 5.41 Å². The zero-order chi connectivity index (χ0) is 14.6. The van der Waals surface area contributed by atoms with Gasteiger partial charge in [0.05, 0.1) is 23.9 Å². The van der Waals surface area contributed by atoms with Gasteiger partial charge in [0.25, 0.3) is 0 Å². The van der Waals surface area contributed by atoms with Gasteiger partial charge in [0, 0.05) is 16.7 Å². The highest BCUT2D eigenvalue weighted by molar-refractivity contribution is 7.11. The van der Waals surface area contributed by atoms with Gasteiger partial charge in [-0.05, 0) is 25.8 Å². The molecule has 2 N–H and O–H groups in total. The Morgan fingerprint density at radius 2 is 1.70 bits per heavy atom. The summed E-state index contributed by atoms with van der Waals surface area (Å²) in [6, 6.07) is 9.98. The molecule has 0 fully saturated rings. The molecule has 4 heteroatoms. The van der Waals surface area contributed by atoms with Gasteiger partial charge in [-0.15, -0.1) is 11.3 Å². The lowest BCUT2D eigenvalue weighted by atomic mass is 9.80. The van der Waals surface area contributed by atoms with Crippen molar-refractivity contribution in [2.75, 3.05) is 13.2 Å². The maximum Gasteiger partial charge on any atom is 0.0938 e. The second-order valence-electron chi connectivity index (χ2n) is 5.40. The third-order valence-electron chi connectivity index (χ3n) is 3.69. The van der Waals surface area contributed by atoms with Gasteiger partial charge in [0.15, 0.2) is 0 Å². The molecule has 0 aliphatic carbocycles. The number of hydrogen-bond donors (Lipinski definition) is 2. The average molecular weight is 291 g/mol. The summed E-state index contributed by atoms with van der Waals surface area (Å²) in [7, 11) is 0. The molecule has 0 atom stereocenters. The molecular formula is C16H21NO2S. The molecular weight excluding hydrogens is 270 g/mol. The summed E-state index contributed by atoms with van der Waals surface area (Å²) in [5.41, 5.74) is 1.62. The van der Waals surface area contributed by atoms with E-state index in [-0.39, 0.29) is 13.2 Å². The maximum absolute atomic E-state index is 9.79. The Balaban J connectivity index is 2.20. The number of benzene rings is 1. The standard InChI is InChI=1S/C16H21NO2S/c1-12-13(2)20-15(17-12)9-16(10-18,11-19)8-14-6-4-3-5-7-14/h3-7,18-19H,8-11H2,1-2H3. The first-order valence-electron chi connectivity index (χ1n) is 6.77. The van der Waals surface area contributed by atoms with Crippen LogP contribution in [0.15, 0.2) is 30.3 Å². The van der Waals surface area contributed by atoms with Crippen molar-refractivity contribution >= 4 is 11.3 Å². The molecule has 2 rings (SSSR count). The van der Waals surface area contributed by atoms with Crippen LogP contribution in [-0.2, 0) is 12.8 Å². The largest absolute Gasteiger partial charge is 0.396 e. The van der Waals surface area contributed by atoms with Crippen LogP contribution in [-0.4, -0.2) is 28.4 Å². The lowest BCUT2D eigenvalue weighted by Crippen LogP contribution is -2.34. The van der Waals surface area contributed by atoms with Crippen LogP contribution in [0.3, 0.4) is 0 Å². The Bertz CT molecular complexity index is 527. The third kappa shape index (κ3) is 3.45. The Kier molecular flexibility index (Phi) is 4.91. The highest BCUT2D eigenvalue weighted by atomic mass is 32.1. The van der Waals surface area contributed by atoms with Crippen molar-refractivity contribution in [1.82, 2.24) is 4.98 Å². The fourth-order valence-electron chi connectivity index (χ4n) is 2.30. The van der Waals surface area contributed by atoms with E-state index in [1.165, 1.54) is 4.88 Å². The molecule has 0 aliphatic rings. The van der Waals surface area contributed by atoms with Crippen LogP contribution < -0.4 is 0 Å². The Morgan fingerprint density at radius 1 is 1.05 bits per heavy atom. The number of hydrogen-bond acceptors (Lipinski definition) is 4. The summed E-state index contributed by atoms with van der Waals surface area (Å²) in [5, 5.41) is 20.6. The Hall–Kier alpha value is -1.23. The molecule has 0 spiro atoms. The molecule has 0 bridgehead atoms. The van der Waals surface area contributed by atoms with Crippen LogP contribution in [0.2, 0.25) is 0 Å². The highest BCUT2D eigenvalue weighted by Crippen LogP contribution is 2.30. The number of aliphatic hydroxyl groups excluding tert-OH is 2. The van der Waals surface area contributed by atoms with Gasteiger partial charge in [-0.2, -0.15) is 0 Å². The van der Waals surface area contributed by atoms with Crippen molar-refractivity contribution < 1.29 is 10.2 Å². The van der Waals surface area contributed by atoms with Crippen LogP contribution in [0.4, 0.5) is 0 Å². The fraction of sp³-hybridized carbons (Fsp3) is 0.438. The van der Waals surface area contributed by atoms with Gasteiger partial charge < -0.3 is 10.2 Å². The van der Waals surface area contributed by atoms with Crippen LogP contribution >= 0.6 is 11.3 Å². The van der Waals surface area contributed by atoms with Crippen molar-refractivity contribution in [3.8, 4) is 0 Å². The summed E-state index contributed by atoms with van der Waals surface area (Å²) in [6.07, 6.45) is 1.26. The molecule has 20 heavy (non-hydrogen) atoms. The van der Waals surface area contributed by atoms with Gasteiger partial charge in [0.2, 0.25) is 0 Å². The Labute approximate surface area is 123 Å². The molecule has 3 nitrogen and oxygen atoms in total. The summed E-state index contributed by atoms with van der Waals surface area (Å²) >= 11 is 1.65. The molecule has 108 valence electrons. The molecule has 1 aromatic heterocycles. The summed E-state index contributed by atoms with van der Waals surface area (Å²) in [4.78, 5) is 5.73. The molecule has 1 aromatic carbocycles. The third-order valence-corrected chi connectivity index (χ3v) is 4.76. The molecule has 0 amide bonds. The fourth-order valence-corrected chi connectivity index (χ4v) is 3.41. The first kappa shape index (κ1) is 15.2. The molecule has 0 saturated heterocycles. The van der Waals surface area contributed by atoms with E-state index in [4.69, 9.17) is 0 Å². The SMILES string of the molecule is Cc1nc(CC(CO)(CO)Cc2ccccc2)sc1C. The molecule has 2 aromatic rings. The lowest BCUT2D eigenvalue weighted by Gasteiger charge is -2.29. The summed E-state index contributed by atoms with van der Waals surface area (Å²) in [5.74, 6) is 0. The predicted octanol–water partition coefficient (Wildman–Crippen LogP) is 2.52. The quantitative estimate of drug-likeness (QED) is 0.860. The number of nitrogens with zero attached hydrogens (tertiary/aromatic N) is 1. The van der Waals surface area contributed by atoms with E-state index in [0.717, 1.165) is 16.3 Å². The van der Waals surface area contributed by atoms with E-state index in [1.807, 2.05) is 44.2 Å². The van der Waals surface area contributed by atoms with Crippen molar-refractivity contribution in [3.05, 3.63) is 51.5 Å². The van der Waals surface area contributed by atoms with Gasteiger partial charge in [-0.3, -0.25) is 0 Å². The van der Waals surface area contributed by atoms with Crippen LogP contribution in [0.1, 0.15) is 21.1 Å². The minimum Gasteiger partial charge on any atom is -0.396 e. The maximum atomic E-state index is 9.79. The van der Waals surface area contributed by atoms with Gasteiger partial charge >= 0.3 is 0 Å². The molecule has 0 radical (unpaired) electrons. The van der Waals surface area contributed by atoms with Crippen LogP contribution in [0.25, 0.3) is 0 Å². The second kappa shape index (κ2) is 6.48. The number of aryl methyl sites for hydroxylation is 2. The van der Waals surface area contributed by atoms with Gasteiger partial charge in [-0.1, -0.05) is 30.3 Å². The number of aliphatic hydroxyl groups is 2. The summed E-state index contributed by atoms with van der Waals surface area (Å²) < 4.78 is 0. The summed E-state index contributed by atoms with van der Waals surface area (Å²) in [6.45, 7) is 3.95. The Morgan fingerprint density at radius 3 is 2.20 bits per heavy atom. The first-order valence-corrected chi connectivity index (χ1v) is 7.59. The van der Waals surface area contributed by atoms with Crippen molar-refractivity contribution in [3.63, 3.8) is 0 Å². The molecule has 0 unspecified atom stereocenters. The highest BCUT2D eigenvalue weighted by Gasteiger charge is 2.31. The first-order chi connectivity index (χ1) is 9.58. The van der Waals surface area contributed by atoms with Crippen LogP contribution in [0, 0.1) is 19.3 Å². The molecule has 0 aliphatic heterocycles. The zero-order valence-corrected chi connectivity index (χ0v) is 12.8. The van der Waals surface area contributed by atoms with E-state index in [2.05, 4.69) is 4.98 Å². The zero-order valence-electron chi connectivity index (χ0n) is 12.0. The van der Waals surface area contributed by atoms with E-state index in [9.17, 15) is 10.2 Å². The second-order valence-corrected chi connectivity index (χ2v) is 6.69. The monoisotopic (exact) mass is 291 g/mol. The van der Waals surface area contributed by atoms with E-state index in [0.29, 0.717) is 12.8 Å². The molecule has 1 heterocycles. The minimum atomic E-state index is -0.544. The predicted molar refractivity (Wildman–Crippen MR) is 82.0 cm³/mol. The average Bonchev–Trinajstić information content (AvgIpc) is 2.77. The van der Waals surface area contributed by atoms with Crippen LogP contribution in [0.5, 0.6) is 0 Å². The van der Waals surface area contributed by atoms with Crippen molar-refractivity contribution in [2.45, 2.75) is 26.7 Å². The number of aromatic nitrogens is 1. The van der Waals surface area contributed by atoms with E-state index < -0.39 is 5.41 Å². The van der Waals surface area contributed by atoms with Gasteiger partial charge in [-0.25, -0.2) is 4.98 Å². The number of rotatable bonds is 6. The smallest absolute Gasteiger partial charge is 0.0938 e. The molecule has 0 saturated carbocycles. The normalized spacial score (nSPS) is 11.8. The topological polar surface area (TPSA) is 53.4 Å².